The number of hydrogen-bond donors (Lipinski definition) is 1. The van der Waals surface area contributed by atoms with E-state index in [0.717, 1.165) is 40.7 Å². The van der Waals surface area contributed by atoms with Gasteiger partial charge in [0.2, 0.25) is 0 Å². The smallest absolute Gasteiger partial charge is 0.293 e. The SMILES string of the molecule is Cn1ccnc1SCc1ccc(C(=O)N2CCCc3c(N)cccc32)o1. The number of imidazole rings is 1. The minimum Gasteiger partial charge on any atom is -0.455 e. The summed E-state index contributed by atoms with van der Waals surface area (Å²) in [6.45, 7) is 0.674. The molecule has 26 heavy (non-hydrogen) atoms. The summed E-state index contributed by atoms with van der Waals surface area (Å²) in [5, 5.41) is 0.912. The third kappa shape index (κ3) is 3.10. The average Bonchev–Trinajstić information content (AvgIpc) is 3.28. The normalized spacial score (nSPS) is 13.7. The van der Waals surface area contributed by atoms with Crippen molar-refractivity contribution in [3.8, 4) is 0 Å². The number of furan rings is 1. The molecule has 0 radical (unpaired) electrons. The highest BCUT2D eigenvalue weighted by atomic mass is 32.2. The van der Waals surface area contributed by atoms with Crippen LogP contribution < -0.4 is 10.6 Å². The minimum atomic E-state index is -0.121. The van der Waals surface area contributed by atoms with Gasteiger partial charge in [-0.25, -0.2) is 4.98 Å². The summed E-state index contributed by atoms with van der Waals surface area (Å²) in [6.07, 6.45) is 5.46. The molecule has 1 aliphatic heterocycles. The molecule has 7 heteroatoms. The highest BCUT2D eigenvalue weighted by Crippen LogP contribution is 2.32. The highest BCUT2D eigenvalue weighted by Gasteiger charge is 2.26. The summed E-state index contributed by atoms with van der Waals surface area (Å²) in [7, 11) is 1.95. The summed E-state index contributed by atoms with van der Waals surface area (Å²) in [5.41, 5.74) is 8.75. The molecule has 2 N–H and O–H groups in total. The number of benzene rings is 1. The van der Waals surface area contributed by atoms with Crippen LogP contribution in [0.15, 0.2) is 52.3 Å². The van der Waals surface area contributed by atoms with E-state index in [2.05, 4.69) is 4.98 Å². The lowest BCUT2D eigenvalue weighted by Gasteiger charge is -2.29. The molecule has 0 saturated heterocycles. The Kier molecular flexibility index (Phi) is 4.46. The highest BCUT2D eigenvalue weighted by molar-refractivity contribution is 7.98. The van der Waals surface area contributed by atoms with Crippen LogP contribution >= 0.6 is 11.8 Å². The molecule has 0 atom stereocenters. The number of hydrogen-bond acceptors (Lipinski definition) is 5. The number of nitrogen functional groups attached to an aromatic ring is 1. The monoisotopic (exact) mass is 368 g/mol. The number of rotatable bonds is 4. The van der Waals surface area contributed by atoms with Crippen LogP contribution in [0, 0.1) is 0 Å². The van der Waals surface area contributed by atoms with Crippen LogP contribution in [-0.4, -0.2) is 22.0 Å². The quantitative estimate of drug-likeness (QED) is 0.563. The van der Waals surface area contributed by atoms with E-state index in [-0.39, 0.29) is 5.91 Å². The first kappa shape index (κ1) is 16.8. The minimum absolute atomic E-state index is 0.121. The van der Waals surface area contributed by atoms with Crippen LogP contribution in [-0.2, 0) is 19.2 Å². The molecule has 2 aromatic heterocycles. The van der Waals surface area contributed by atoms with Gasteiger partial charge in [-0.05, 0) is 42.7 Å². The van der Waals surface area contributed by atoms with Crippen molar-refractivity contribution in [3.63, 3.8) is 0 Å². The van der Waals surface area contributed by atoms with Gasteiger partial charge in [-0.1, -0.05) is 17.8 Å². The van der Waals surface area contributed by atoms with Crippen LogP contribution in [0.1, 0.15) is 28.3 Å². The van der Waals surface area contributed by atoms with Gasteiger partial charge in [0.15, 0.2) is 10.9 Å². The molecule has 134 valence electrons. The van der Waals surface area contributed by atoms with Gasteiger partial charge in [-0.15, -0.1) is 0 Å². The third-order valence-electron chi connectivity index (χ3n) is 4.52. The van der Waals surface area contributed by atoms with Crippen molar-refractivity contribution >= 4 is 29.0 Å². The summed E-state index contributed by atoms with van der Waals surface area (Å²) in [6, 6.07) is 9.32. The topological polar surface area (TPSA) is 77.3 Å². The second kappa shape index (κ2) is 6.92. The maximum absolute atomic E-state index is 12.9. The second-order valence-corrected chi connectivity index (χ2v) is 7.22. The van der Waals surface area contributed by atoms with Gasteiger partial charge < -0.3 is 19.6 Å². The van der Waals surface area contributed by atoms with Crippen molar-refractivity contribution in [2.75, 3.05) is 17.2 Å². The van der Waals surface area contributed by atoms with Crippen molar-refractivity contribution in [1.29, 1.82) is 0 Å². The standard InChI is InChI=1S/C19H20N4O2S/c1-22-11-9-21-19(22)26-12-13-7-8-17(25-13)18(24)23-10-3-4-14-15(20)5-2-6-16(14)23/h2,5-9,11H,3-4,10,12,20H2,1H3. The molecule has 1 aromatic carbocycles. The van der Waals surface area contributed by atoms with Gasteiger partial charge in [0.05, 0.1) is 5.75 Å². The largest absolute Gasteiger partial charge is 0.455 e. The summed E-state index contributed by atoms with van der Waals surface area (Å²) < 4.78 is 7.75. The molecule has 0 bridgehead atoms. The van der Waals surface area contributed by atoms with Crippen molar-refractivity contribution < 1.29 is 9.21 Å². The zero-order valence-electron chi connectivity index (χ0n) is 14.5. The number of carbonyl (C=O) groups excluding carboxylic acids is 1. The van der Waals surface area contributed by atoms with E-state index in [1.54, 1.807) is 28.9 Å². The number of nitrogens with two attached hydrogens (primary N) is 1. The first-order valence-electron chi connectivity index (χ1n) is 8.51. The van der Waals surface area contributed by atoms with Crippen molar-refractivity contribution in [3.05, 3.63) is 59.8 Å². The van der Waals surface area contributed by atoms with E-state index in [0.29, 0.717) is 18.1 Å². The maximum Gasteiger partial charge on any atom is 0.293 e. The Morgan fingerprint density at radius 3 is 3.04 bits per heavy atom. The first-order valence-corrected chi connectivity index (χ1v) is 9.50. The molecule has 6 nitrogen and oxygen atoms in total. The van der Waals surface area contributed by atoms with Gasteiger partial charge in [0.1, 0.15) is 5.76 Å². The van der Waals surface area contributed by atoms with E-state index in [1.165, 1.54) is 0 Å². The Hall–Kier alpha value is -2.67. The average molecular weight is 368 g/mol. The lowest BCUT2D eigenvalue weighted by atomic mass is 9.99. The Morgan fingerprint density at radius 1 is 1.35 bits per heavy atom. The zero-order valence-corrected chi connectivity index (χ0v) is 15.3. The Morgan fingerprint density at radius 2 is 2.23 bits per heavy atom. The number of fused-ring (bicyclic) bond motifs is 1. The lowest BCUT2D eigenvalue weighted by molar-refractivity contribution is 0.0957. The van der Waals surface area contributed by atoms with Gasteiger partial charge in [0, 0.05) is 37.4 Å². The van der Waals surface area contributed by atoms with E-state index in [1.807, 2.05) is 42.1 Å². The Balaban J connectivity index is 1.51. The molecule has 1 amide bonds. The molecule has 0 fully saturated rings. The van der Waals surface area contributed by atoms with E-state index < -0.39 is 0 Å². The van der Waals surface area contributed by atoms with Gasteiger partial charge in [-0.2, -0.15) is 0 Å². The van der Waals surface area contributed by atoms with Crippen molar-refractivity contribution in [1.82, 2.24) is 9.55 Å². The summed E-state index contributed by atoms with van der Waals surface area (Å²) in [4.78, 5) is 19.0. The number of carbonyl (C=O) groups is 1. The van der Waals surface area contributed by atoms with E-state index >= 15 is 0 Å². The summed E-state index contributed by atoms with van der Waals surface area (Å²) in [5.74, 6) is 1.62. The molecular formula is C19H20N4O2S. The van der Waals surface area contributed by atoms with Crippen LogP contribution in [0.4, 0.5) is 11.4 Å². The maximum atomic E-state index is 12.9. The fourth-order valence-electron chi connectivity index (χ4n) is 3.19. The van der Waals surface area contributed by atoms with Crippen molar-refractivity contribution in [2.24, 2.45) is 7.05 Å². The number of anilines is 2. The number of aromatic nitrogens is 2. The molecule has 4 rings (SSSR count). The lowest BCUT2D eigenvalue weighted by Crippen LogP contribution is -2.35. The molecule has 0 saturated carbocycles. The fraction of sp³-hybridized carbons (Fsp3) is 0.263. The number of amides is 1. The van der Waals surface area contributed by atoms with E-state index in [9.17, 15) is 4.79 Å². The van der Waals surface area contributed by atoms with Crippen molar-refractivity contribution in [2.45, 2.75) is 23.8 Å². The molecule has 0 unspecified atom stereocenters. The number of nitrogens with zero attached hydrogens (tertiary/aromatic N) is 3. The molecule has 1 aliphatic rings. The first-order chi connectivity index (χ1) is 12.6. The zero-order chi connectivity index (χ0) is 18.1. The van der Waals surface area contributed by atoms with E-state index in [4.69, 9.17) is 10.2 Å². The second-order valence-electron chi connectivity index (χ2n) is 6.28. The Bertz CT molecular complexity index is 947. The molecule has 3 heterocycles. The number of aryl methyl sites for hydroxylation is 1. The predicted octanol–water partition coefficient (Wildman–Crippen LogP) is 3.48. The molecule has 0 aliphatic carbocycles. The fourth-order valence-corrected chi connectivity index (χ4v) is 4.02. The van der Waals surface area contributed by atoms with Gasteiger partial charge in [-0.3, -0.25) is 4.79 Å². The third-order valence-corrected chi connectivity index (χ3v) is 5.61. The molecule has 3 aromatic rings. The van der Waals surface area contributed by atoms with Gasteiger partial charge in [0.25, 0.3) is 5.91 Å². The molecular weight excluding hydrogens is 348 g/mol. The van der Waals surface area contributed by atoms with Gasteiger partial charge >= 0.3 is 0 Å². The summed E-state index contributed by atoms with van der Waals surface area (Å²) >= 11 is 1.57. The number of thioether (sulfide) groups is 1. The molecule has 0 spiro atoms. The predicted molar refractivity (Wildman–Crippen MR) is 102 cm³/mol. The Labute approximate surface area is 156 Å². The van der Waals surface area contributed by atoms with Crippen LogP contribution in [0.3, 0.4) is 0 Å². The van der Waals surface area contributed by atoms with Crippen LogP contribution in [0.2, 0.25) is 0 Å². The van der Waals surface area contributed by atoms with Crippen LogP contribution in [0.25, 0.3) is 0 Å². The van der Waals surface area contributed by atoms with Crippen LogP contribution in [0.5, 0.6) is 0 Å².